The number of H-pyrrole nitrogens is 1. The minimum atomic E-state index is -0.320. The number of aromatic amines is 1. The Morgan fingerprint density at radius 3 is 2.55 bits per heavy atom. The summed E-state index contributed by atoms with van der Waals surface area (Å²) in [7, 11) is 1.56. The molecular weight excluding hydrogens is 390 g/mol. The van der Waals surface area contributed by atoms with E-state index in [9.17, 15) is 4.79 Å². The van der Waals surface area contributed by atoms with Gasteiger partial charge in [-0.25, -0.2) is 4.98 Å². The van der Waals surface area contributed by atoms with Crippen molar-refractivity contribution in [3.8, 4) is 11.5 Å². The molecule has 1 atom stereocenters. The summed E-state index contributed by atoms with van der Waals surface area (Å²) in [6.45, 7) is 2.43. The highest BCUT2D eigenvalue weighted by Gasteiger charge is 2.21. The van der Waals surface area contributed by atoms with Crippen LogP contribution < -0.4 is 14.8 Å². The van der Waals surface area contributed by atoms with Crippen LogP contribution in [0.15, 0.2) is 72.8 Å². The molecule has 4 rings (SSSR count). The third-order valence-electron chi connectivity index (χ3n) is 5.05. The van der Waals surface area contributed by atoms with E-state index in [4.69, 9.17) is 14.5 Å². The first-order valence-corrected chi connectivity index (χ1v) is 10.3. The van der Waals surface area contributed by atoms with E-state index in [1.807, 2.05) is 61.5 Å². The van der Waals surface area contributed by atoms with Gasteiger partial charge in [0, 0.05) is 5.56 Å². The van der Waals surface area contributed by atoms with Gasteiger partial charge in [-0.2, -0.15) is 0 Å². The van der Waals surface area contributed by atoms with E-state index in [2.05, 4.69) is 10.3 Å². The van der Waals surface area contributed by atoms with Crippen molar-refractivity contribution in [1.82, 2.24) is 15.3 Å². The Bertz CT molecular complexity index is 1140. The van der Waals surface area contributed by atoms with Gasteiger partial charge in [0.25, 0.3) is 5.91 Å². The minimum absolute atomic E-state index is 0.206. The van der Waals surface area contributed by atoms with Crippen molar-refractivity contribution in [2.75, 3.05) is 13.7 Å². The smallest absolute Gasteiger partial charge is 0.252 e. The standard InChI is InChI=1S/C25H25N3O3/c1-3-31-22-14-13-18(16-23(22)30-2)25(29)28-21(15-17-9-5-4-6-10-17)24-26-19-11-7-8-12-20(19)27-24/h4-14,16,21H,3,15H2,1-2H3,(H,26,27)(H,28,29)/t21-/m0/s1. The fraction of sp³-hybridized carbons (Fsp3) is 0.200. The van der Waals surface area contributed by atoms with Gasteiger partial charge in [0.1, 0.15) is 5.82 Å². The number of nitrogens with zero attached hydrogens (tertiary/aromatic N) is 1. The summed E-state index contributed by atoms with van der Waals surface area (Å²) in [4.78, 5) is 21.2. The van der Waals surface area contributed by atoms with Crippen molar-refractivity contribution in [2.45, 2.75) is 19.4 Å². The highest BCUT2D eigenvalue weighted by atomic mass is 16.5. The molecule has 1 aromatic heterocycles. The first-order chi connectivity index (χ1) is 15.2. The van der Waals surface area contributed by atoms with Crippen LogP contribution >= 0.6 is 0 Å². The van der Waals surface area contributed by atoms with Crippen molar-refractivity contribution in [3.05, 3.63) is 89.7 Å². The molecule has 0 saturated heterocycles. The van der Waals surface area contributed by atoms with E-state index >= 15 is 0 Å². The molecule has 0 saturated carbocycles. The fourth-order valence-corrected chi connectivity index (χ4v) is 3.53. The van der Waals surface area contributed by atoms with Gasteiger partial charge in [-0.1, -0.05) is 42.5 Å². The van der Waals surface area contributed by atoms with E-state index in [0.717, 1.165) is 22.4 Å². The molecule has 6 heteroatoms. The lowest BCUT2D eigenvalue weighted by Gasteiger charge is -2.18. The zero-order valence-corrected chi connectivity index (χ0v) is 17.6. The molecule has 0 spiro atoms. The van der Waals surface area contributed by atoms with Crippen LogP contribution in [0, 0.1) is 0 Å². The molecule has 0 aliphatic carbocycles. The molecule has 0 aliphatic heterocycles. The number of fused-ring (bicyclic) bond motifs is 1. The Hall–Kier alpha value is -3.80. The van der Waals surface area contributed by atoms with Gasteiger partial charge in [0.2, 0.25) is 0 Å². The number of ether oxygens (including phenoxy) is 2. The van der Waals surface area contributed by atoms with Crippen molar-refractivity contribution >= 4 is 16.9 Å². The molecular formula is C25H25N3O3. The lowest BCUT2D eigenvalue weighted by molar-refractivity contribution is 0.0934. The number of carbonyl (C=O) groups excluding carboxylic acids is 1. The largest absolute Gasteiger partial charge is 0.493 e. The predicted molar refractivity (Wildman–Crippen MR) is 121 cm³/mol. The van der Waals surface area contributed by atoms with Crippen molar-refractivity contribution < 1.29 is 14.3 Å². The van der Waals surface area contributed by atoms with Crippen LogP contribution in [0.3, 0.4) is 0 Å². The molecule has 0 fully saturated rings. The van der Waals surface area contributed by atoms with E-state index in [-0.39, 0.29) is 11.9 Å². The van der Waals surface area contributed by atoms with Gasteiger partial charge >= 0.3 is 0 Å². The second-order valence-electron chi connectivity index (χ2n) is 7.15. The first-order valence-electron chi connectivity index (χ1n) is 10.3. The number of para-hydroxylation sites is 2. The zero-order valence-electron chi connectivity index (χ0n) is 17.6. The maximum absolute atomic E-state index is 13.1. The predicted octanol–water partition coefficient (Wildman–Crippen LogP) is 4.68. The number of hydrogen-bond acceptors (Lipinski definition) is 4. The molecule has 158 valence electrons. The first kappa shape index (κ1) is 20.5. The number of aromatic nitrogens is 2. The molecule has 0 bridgehead atoms. The van der Waals surface area contributed by atoms with Gasteiger partial charge < -0.3 is 19.8 Å². The molecule has 2 N–H and O–H groups in total. The van der Waals surface area contributed by atoms with Crippen molar-refractivity contribution in [2.24, 2.45) is 0 Å². The SMILES string of the molecule is CCOc1ccc(C(=O)N[C@@H](Cc2ccccc2)c2nc3ccccc3[nH]2)cc1OC. The van der Waals surface area contributed by atoms with Crippen LogP contribution in [0.4, 0.5) is 0 Å². The van der Waals surface area contributed by atoms with E-state index < -0.39 is 0 Å². The van der Waals surface area contributed by atoms with Gasteiger partial charge in [-0.3, -0.25) is 4.79 Å². The maximum Gasteiger partial charge on any atom is 0.252 e. The van der Waals surface area contributed by atoms with Gasteiger partial charge in [-0.15, -0.1) is 0 Å². The monoisotopic (exact) mass is 415 g/mol. The summed E-state index contributed by atoms with van der Waals surface area (Å²) >= 11 is 0. The van der Waals surface area contributed by atoms with Crippen LogP contribution in [-0.4, -0.2) is 29.6 Å². The molecule has 3 aromatic carbocycles. The Morgan fingerprint density at radius 1 is 1.03 bits per heavy atom. The quantitative estimate of drug-likeness (QED) is 0.438. The van der Waals surface area contributed by atoms with Gasteiger partial charge in [0.15, 0.2) is 11.5 Å². The third-order valence-corrected chi connectivity index (χ3v) is 5.05. The summed E-state index contributed by atoms with van der Waals surface area (Å²) in [6, 6.07) is 22.7. The molecule has 0 unspecified atom stereocenters. The van der Waals surface area contributed by atoms with Crippen LogP contribution in [0.1, 0.15) is 34.7 Å². The summed E-state index contributed by atoms with van der Waals surface area (Å²) in [6.07, 6.45) is 0.612. The average molecular weight is 415 g/mol. The van der Waals surface area contributed by atoms with Crippen molar-refractivity contribution in [1.29, 1.82) is 0 Å². The zero-order chi connectivity index (χ0) is 21.6. The van der Waals surface area contributed by atoms with E-state index in [1.54, 1.807) is 25.3 Å². The second kappa shape index (κ2) is 9.34. The number of amides is 1. The van der Waals surface area contributed by atoms with E-state index in [0.29, 0.717) is 30.1 Å². The Morgan fingerprint density at radius 2 is 1.81 bits per heavy atom. The number of imidazole rings is 1. The lowest BCUT2D eigenvalue weighted by Crippen LogP contribution is -2.30. The fourth-order valence-electron chi connectivity index (χ4n) is 3.53. The molecule has 0 radical (unpaired) electrons. The highest BCUT2D eigenvalue weighted by Crippen LogP contribution is 2.28. The minimum Gasteiger partial charge on any atom is -0.493 e. The number of nitrogens with one attached hydrogen (secondary N) is 2. The molecule has 1 heterocycles. The molecule has 31 heavy (non-hydrogen) atoms. The molecule has 6 nitrogen and oxygen atoms in total. The van der Waals surface area contributed by atoms with Crippen LogP contribution in [0.2, 0.25) is 0 Å². The second-order valence-corrected chi connectivity index (χ2v) is 7.15. The maximum atomic E-state index is 13.1. The normalized spacial score (nSPS) is 11.8. The van der Waals surface area contributed by atoms with Gasteiger partial charge in [-0.05, 0) is 49.2 Å². The average Bonchev–Trinajstić information content (AvgIpc) is 3.24. The number of benzene rings is 3. The van der Waals surface area contributed by atoms with Crippen LogP contribution in [0.5, 0.6) is 11.5 Å². The number of rotatable bonds is 8. The third kappa shape index (κ3) is 4.69. The summed E-state index contributed by atoms with van der Waals surface area (Å²) in [5.41, 5.74) is 3.41. The summed E-state index contributed by atoms with van der Waals surface area (Å²) in [5.74, 6) is 1.65. The Labute approximate surface area is 181 Å². The molecule has 1 amide bonds. The summed E-state index contributed by atoms with van der Waals surface area (Å²) < 4.78 is 10.9. The topological polar surface area (TPSA) is 76.2 Å². The molecule has 0 aliphatic rings. The summed E-state index contributed by atoms with van der Waals surface area (Å²) in [5, 5.41) is 3.13. The van der Waals surface area contributed by atoms with Crippen LogP contribution in [-0.2, 0) is 6.42 Å². The van der Waals surface area contributed by atoms with Crippen LogP contribution in [0.25, 0.3) is 11.0 Å². The Balaban J connectivity index is 1.63. The lowest BCUT2D eigenvalue weighted by atomic mass is 10.0. The van der Waals surface area contributed by atoms with Gasteiger partial charge in [0.05, 0.1) is 30.8 Å². The Kier molecular flexibility index (Phi) is 6.17. The highest BCUT2D eigenvalue weighted by molar-refractivity contribution is 5.95. The van der Waals surface area contributed by atoms with E-state index in [1.165, 1.54) is 0 Å². The molecule has 4 aromatic rings. The number of hydrogen-bond donors (Lipinski definition) is 2. The number of methoxy groups -OCH3 is 1. The number of carbonyl (C=O) groups is 1. The van der Waals surface area contributed by atoms with Crippen molar-refractivity contribution in [3.63, 3.8) is 0 Å².